The molecule has 0 unspecified atom stereocenters. The number of aromatic nitrogens is 2. The summed E-state index contributed by atoms with van der Waals surface area (Å²) in [6.45, 7) is 0. The predicted molar refractivity (Wildman–Crippen MR) is 68.4 cm³/mol. The lowest BCUT2D eigenvalue weighted by Crippen LogP contribution is -2.34. The lowest BCUT2D eigenvalue weighted by Gasteiger charge is -2.15. The van der Waals surface area contributed by atoms with E-state index in [2.05, 4.69) is 4.98 Å². The quantitative estimate of drug-likeness (QED) is 0.771. The zero-order valence-electron chi connectivity index (χ0n) is 9.79. The maximum absolute atomic E-state index is 12.1. The van der Waals surface area contributed by atoms with Gasteiger partial charge < -0.3 is 10.7 Å². The van der Waals surface area contributed by atoms with Crippen LogP contribution in [0.2, 0.25) is 0 Å². The Hall–Kier alpha value is -2.30. The molecular formula is C12H14N4O. The maximum Gasteiger partial charge on any atom is 0.281 e. The van der Waals surface area contributed by atoms with Gasteiger partial charge in [-0.1, -0.05) is 30.3 Å². The van der Waals surface area contributed by atoms with Crippen LogP contribution < -0.4 is 16.3 Å². The number of benzene rings is 1. The third-order valence-electron chi connectivity index (χ3n) is 2.46. The minimum Gasteiger partial charge on any atom is -0.347 e. The van der Waals surface area contributed by atoms with Gasteiger partial charge in [-0.05, 0) is 5.56 Å². The van der Waals surface area contributed by atoms with Gasteiger partial charge in [0.1, 0.15) is 0 Å². The molecule has 0 aliphatic rings. The highest BCUT2D eigenvalue weighted by Crippen LogP contribution is 2.14. The molecule has 0 aliphatic carbocycles. The van der Waals surface area contributed by atoms with Gasteiger partial charge in [0.15, 0.2) is 0 Å². The SMILES string of the molecule is CN(C)c1ncc(-c2ccccc2)c(=O)n1N. The van der Waals surface area contributed by atoms with Crippen molar-refractivity contribution in [1.82, 2.24) is 9.66 Å². The number of rotatable bonds is 2. The molecule has 0 atom stereocenters. The molecule has 0 amide bonds. The molecule has 2 aromatic rings. The molecule has 0 spiro atoms. The van der Waals surface area contributed by atoms with Gasteiger partial charge in [-0.15, -0.1) is 0 Å². The van der Waals surface area contributed by atoms with Crippen LogP contribution in [0.25, 0.3) is 11.1 Å². The summed E-state index contributed by atoms with van der Waals surface area (Å²) in [6, 6.07) is 9.35. The Morgan fingerprint density at radius 3 is 2.47 bits per heavy atom. The van der Waals surface area contributed by atoms with Crippen LogP contribution in [0.5, 0.6) is 0 Å². The van der Waals surface area contributed by atoms with E-state index in [0.717, 1.165) is 10.2 Å². The van der Waals surface area contributed by atoms with Crippen molar-refractivity contribution in [2.24, 2.45) is 0 Å². The van der Waals surface area contributed by atoms with Crippen LogP contribution in [0.3, 0.4) is 0 Å². The Morgan fingerprint density at radius 2 is 1.88 bits per heavy atom. The van der Waals surface area contributed by atoms with Crippen molar-refractivity contribution in [3.63, 3.8) is 0 Å². The van der Waals surface area contributed by atoms with Crippen molar-refractivity contribution in [3.05, 3.63) is 46.9 Å². The summed E-state index contributed by atoms with van der Waals surface area (Å²) in [5.74, 6) is 6.15. The Kier molecular flexibility index (Phi) is 2.82. The molecule has 17 heavy (non-hydrogen) atoms. The number of hydrogen-bond donors (Lipinski definition) is 1. The third-order valence-corrected chi connectivity index (χ3v) is 2.46. The molecule has 0 fully saturated rings. The Morgan fingerprint density at radius 1 is 1.24 bits per heavy atom. The van der Waals surface area contributed by atoms with Gasteiger partial charge >= 0.3 is 0 Å². The van der Waals surface area contributed by atoms with E-state index < -0.39 is 0 Å². The first-order valence-corrected chi connectivity index (χ1v) is 5.21. The number of nitrogen functional groups attached to an aromatic ring is 1. The zero-order chi connectivity index (χ0) is 12.4. The fourth-order valence-corrected chi connectivity index (χ4v) is 1.61. The second-order valence-corrected chi connectivity index (χ2v) is 3.91. The molecule has 0 bridgehead atoms. The molecule has 1 heterocycles. The predicted octanol–water partition coefficient (Wildman–Crippen LogP) is 0.690. The summed E-state index contributed by atoms with van der Waals surface area (Å²) in [5.41, 5.74) is 1.06. The molecule has 0 saturated carbocycles. The second kappa shape index (κ2) is 4.29. The van der Waals surface area contributed by atoms with E-state index >= 15 is 0 Å². The largest absolute Gasteiger partial charge is 0.347 e. The van der Waals surface area contributed by atoms with Gasteiger partial charge in [-0.25, -0.2) is 4.98 Å². The van der Waals surface area contributed by atoms with Crippen molar-refractivity contribution >= 4 is 5.95 Å². The maximum atomic E-state index is 12.1. The van der Waals surface area contributed by atoms with E-state index in [-0.39, 0.29) is 5.56 Å². The van der Waals surface area contributed by atoms with Gasteiger partial charge in [0, 0.05) is 20.3 Å². The van der Waals surface area contributed by atoms with Crippen LogP contribution in [0.4, 0.5) is 5.95 Å². The van der Waals surface area contributed by atoms with Crippen molar-refractivity contribution in [1.29, 1.82) is 0 Å². The summed E-state index contributed by atoms with van der Waals surface area (Å²) in [5, 5.41) is 0. The minimum absolute atomic E-state index is 0.255. The van der Waals surface area contributed by atoms with Gasteiger partial charge in [0.05, 0.1) is 5.56 Å². The molecule has 2 rings (SSSR count). The van der Waals surface area contributed by atoms with Crippen molar-refractivity contribution < 1.29 is 0 Å². The first kappa shape index (κ1) is 11.2. The smallest absolute Gasteiger partial charge is 0.281 e. The molecule has 5 heteroatoms. The topological polar surface area (TPSA) is 64.2 Å². The van der Waals surface area contributed by atoms with Crippen LogP contribution in [-0.4, -0.2) is 23.8 Å². The van der Waals surface area contributed by atoms with E-state index in [1.54, 1.807) is 25.2 Å². The highest BCUT2D eigenvalue weighted by atomic mass is 16.1. The highest BCUT2D eigenvalue weighted by Gasteiger charge is 2.10. The number of anilines is 1. The first-order chi connectivity index (χ1) is 8.11. The third kappa shape index (κ3) is 1.99. The van der Waals surface area contributed by atoms with Crippen LogP contribution in [0.15, 0.2) is 41.3 Å². The first-order valence-electron chi connectivity index (χ1n) is 5.21. The van der Waals surface area contributed by atoms with Crippen molar-refractivity contribution in [2.75, 3.05) is 24.8 Å². The number of nitrogens with two attached hydrogens (primary N) is 1. The van der Waals surface area contributed by atoms with E-state index in [9.17, 15) is 4.79 Å². The summed E-state index contributed by atoms with van der Waals surface area (Å²) < 4.78 is 1.06. The molecule has 1 aromatic heterocycles. The molecule has 1 aromatic carbocycles. The number of hydrogen-bond acceptors (Lipinski definition) is 4. The average Bonchev–Trinajstić information content (AvgIpc) is 2.33. The molecule has 0 radical (unpaired) electrons. The zero-order valence-corrected chi connectivity index (χ0v) is 9.79. The van der Waals surface area contributed by atoms with E-state index in [1.807, 2.05) is 30.3 Å². The van der Waals surface area contributed by atoms with Crippen LogP contribution in [0.1, 0.15) is 0 Å². The highest BCUT2D eigenvalue weighted by molar-refractivity contribution is 5.62. The Labute approximate surface area is 99.1 Å². The molecule has 2 N–H and O–H groups in total. The van der Waals surface area contributed by atoms with E-state index in [4.69, 9.17) is 5.84 Å². The van der Waals surface area contributed by atoms with Gasteiger partial charge in [0.25, 0.3) is 5.56 Å². The summed E-state index contributed by atoms with van der Waals surface area (Å²) >= 11 is 0. The fourth-order valence-electron chi connectivity index (χ4n) is 1.61. The van der Waals surface area contributed by atoms with Gasteiger partial charge in [-0.2, -0.15) is 4.68 Å². The van der Waals surface area contributed by atoms with Crippen LogP contribution in [-0.2, 0) is 0 Å². The van der Waals surface area contributed by atoms with Crippen LogP contribution >= 0.6 is 0 Å². The molecule has 0 saturated heterocycles. The van der Waals surface area contributed by atoms with E-state index in [0.29, 0.717) is 11.5 Å². The molecule has 88 valence electrons. The lowest BCUT2D eigenvalue weighted by molar-refractivity contribution is 0.847. The minimum atomic E-state index is -0.255. The fraction of sp³-hybridized carbons (Fsp3) is 0.167. The standard InChI is InChI=1S/C12H14N4O/c1-15(2)12-14-8-10(11(17)16(12)13)9-6-4-3-5-7-9/h3-8H,13H2,1-2H3. The Bertz CT molecular complexity index is 575. The lowest BCUT2D eigenvalue weighted by atomic mass is 10.1. The van der Waals surface area contributed by atoms with Crippen molar-refractivity contribution in [2.45, 2.75) is 0 Å². The molecular weight excluding hydrogens is 216 g/mol. The second-order valence-electron chi connectivity index (χ2n) is 3.91. The monoisotopic (exact) mass is 230 g/mol. The van der Waals surface area contributed by atoms with Crippen molar-refractivity contribution in [3.8, 4) is 11.1 Å². The Balaban J connectivity index is 2.60. The summed E-state index contributed by atoms with van der Waals surface area (Å²) in [7, 11) is 3.57. The van der Waals surface area contributed by atoms with E-state index in [1.165, 1.54) is 0 Å². The van der Waals surface area contributed by atoms with Gasteiger partial charge in [0.2, 0.25) is 5.95 Å². The summed E-state index contributed by atoms with van der Waals surface area (Å²) in [6.07, 6.45) is 1.55. The van der Waals surface area contributed by atoms with Gasteiger partial charge in [-0.3, -0.25) is 4.79 Å². The summed E-state index contributed by atoms with van der Waals surface area (Å²) in [4.78, 5) is 17.9. The average molecular weight is 230 g/mol. The van der Waals surface area contributed by atoms with Crippen LogP contribution in [0, 0.1) is 0 Å². The molecule has 5 nitrogen and oxygen atoms in total. The number of nitrogens with zero attached hydrogens (tertiary/aromatic N) is 3. The molecule has 0 aliphatic heterocycles. The normalized spacial score (nSPS) is 10.2.